The Hall–Kier alpha value is -1.80. The van der Waals surface area contributed by atoms with Crippen molar-refractivity contribution in [2.45, 2.75) is 23.8 Å². The predicted octanol–water partition coefficient (Wildman–Crippen LogP) is 3.65. The van der Waals surface area contributed by atoms with Crippen molar-refractivity contribution in [3.05, 3.63) is 64.7 Å². The van der Waals surface area contributed by atoms with Crippen LogP contribution in [-0.2, 0) is 16.4 Å². The highest BCUT2D eigenvalue weighted by atomic mass is 35.5. The maximum absolute atomic E-state index is 13.1. The molecule has 0 amide bonds. The number of fused-ring (bicyclic) bond motifs is 1. The van der Waals surface area contributed by atoms with Crippen LogP contribution < -0.4 is 0 Å². The van der Waals surface area contributed by atoms with Crippen LogP contribution >= 0.6 is 11.6 Å². The number of benzene rings is 2. The maximum atomic E-state index is 13.1. The third-order valence-corrected chi connectivity index (χ3v) is 6.47. The van der Waals surface area contributed by atoms with E-state index in [1.54, 1.807) is 18.2 Å². The minimum absolute atomic E-state index is 0.0204. The minimum atomic E-state index is -3.76. The van der Waals surface area contributed by atoms with Crippen LogP contribution in [0.5, 0.6) is 0 Å². The molecule has 0 saturated heterocycles. The highest BCUT2D eigenvalue weighted by Gasteiger charge is 2.36. The van der Waals surface area contributed by atoms with Gasteiger partial charge in [0.25, 0.3) is 0 Å². The van der Waals surface area contributed by atoms with Crippen molar-refractivity contribution in [3.63, 3.8) is 0 Å². The lowest BCUT2D eigenvalue weighted by atomic mass is 10.1. The van der Waals surface area contributed by atoms with Gasteiger partial charge in [0, 0.05) is 0 Å². The molecule has 0 unspecified atom stereocenters. The van der Waals surface area contributed by atoms with E-state index in [2.05, 4.69) is 5.92 Å². The second kappa shape index (κ2) is 6.37. The Labute approximate surface area is 141 Å². The Morgan fingerprint density at radius 2 is 1.87 bits per heavy atom. The first-order valence-corrected chi connectivity index (χ1v) is 9.15. The molecule has 0 saturated carbocycles. The number of halogens is 1. The zero-order valence-corrected chi connectivity index (χ0v) is 14.0. The lowest BCUT2D eigenvalue weighted by Crippen LogP contribution is -2.34. The largest absolute Gasteiger partial charge is 0.245 e. The number of aryl methyl sites for hydroxylation is 1. The summed E-state index contributed by atoms with van der Waals surface area (Å²) in [4.78, 5) is 0.0984. The van der Waals surface area contributed by atoms with Crippen LogP contribution in [0.4, 0.5) is 0 Å². The number of nitrogens with zero attached hydrogens (tertiary/aromatic N) is 1. The number of hydrogen-bond donors (Lipinski definition) is 0. The summed E-state index contributed by atoms with van der Waals surface area (Å²) < 4.78 is 27.6. The SMILES string of the molecule is C#CCN([C@H]1CCc2ccccc21)S(=O)(=O)c1ccccc1Cl. The Morgan fingerprint density at radius 3 is 2.61 bits per heavy atom. The molecule has 1 aliphatic rings. The van der Waals surface area contributed by atoms with Crippen molar-refractivity contribution in [1.82, 2.24) is 4.31 Å². The summed E-state index contributed by atoms with van der Waals surface area (Å²) in [5.41, 5.74) is 2.20. The molecule has 2 aromatic carbocycles. The van der Waals surface area contributed by atoms with Gasteiger partial charge in [-0.05, 0) is 36.1 Å². The van der Waals surface area contributed by atoms with Crippen LogP contribution in [-0.4, -0.2) is 19.3 Å². The number of sulfonamides is 1. The molecule has 2 aromatic rings. The van der Waals surface area contributed by atoms with Gasteiger partial charge in [0.1, 0.15) is 4.90 Å². The first-order chi connectivity index (χ1) is 11.1. The fourth-order valence-corrected chi connectivity index (χ4v) is 5.11. The summed E-state index contributed by atoms with van der Waals surface area (Å²) in [5.74, 6) is 2.47. The zero-order valence-electron chi connectivity index (χ0n) is 12.4. The Balaban J connectivity index is 2.07. The van der Waals surface area contributed by atoms with E-state index < -0.39 is 10.0 Å². The van der Waals surface area contributed by atoms with Gasteiger partial charge in [-0.1, -0.05) is 53.9 Å². The molecule has 3 nitrogen and oxygen atoms in total. The number of hydrogen-bond acceptors (Lipinski definition) is 2. The van der Waals surface area contributed by atoms with Crippen molar-refractivity contribution in [2.24, 2.45) is 0 Å². The fourth-order valence-electron chi connectivity index (χ4n) is 3.07. The number of rotatable bonds is 4. The van der Waals surface area contributed by atoms with Crippen LogP contribution in [0, 0.1) is 12.3 Å². The average molecular weight is 346 g/mol. The lowest BCUT2D eigenvalue weighted by molar-refractivity contribution is 0.352. The molecule has 1 atom stereocenters. The average Bonchev–Trinajstić information content (AvgIpc) is 2.96. The van der Waals surface area contributed by atoms with Gasteiger partial charge in [-0.25, -0.2) is 8.42 Å². The molecule has 5 heteroatoms. The van der Waals surface area contributed by atoms with Crippen molar-refractivity contribution in [3.8, 4) is 12.3 Å². The summed E-state index contributed by atoms with van der Waals surface area (Å²) in [5, 5.41) is 0.209. The van der Waals surface area contributed by atoms with Gasteiger partial charge in [-0.3, -0.25) is 0 Å². The van der Waals surface area contributed by atoms with Crippen molar-refractivity contribution in [2.75, 3.05) is 6.54 Å². The van der Waals surface area contributed by atoms with Crippen LogP contribution in [0.2, 0.25) is 5.02 Å². The molecule has 23 heavy (non-hydrogen) atoms. The third kappa shape index (κ3) is 2.88. The van der Waals surface area contributed by atoms with E-state index in [1.165, 1.54) is 15.9 Å². The molecule has 0 aliphatic heterocycles. The molecular formula is C18H16ClNO2S. The van der Waals surface area contributed by atoms with E-state index in [1.807, 2.05) is 24.3 Å². The molecule has 0 fully saturated rings. The molecule has 0 aromatic heterocycles. The minimum Gasteiger partial charge on any atom is -0.207 e. The van der Waals surface area contributed by atoms with Crippen LogP contribution in [0.1, 0.15) is 23.6 Å². The van der Waals surface area contributed by atoms with E-state index in [4.69, 9.17) is 18.0 Å². The zero-order chi connectivity index (χ0) is 16.4. The summed E-state index contributed by atoms with van der Waals surface area (Å²) in [6.07, 6.45) is 7.01. The van der Waals surface area contributed by atoms with E-state index in [0.29, 0.717) is 0 Å². The Morgan fingerprint density at radius 1 is 1.17 bits per heavy atom. The Bertz CT molecular complexity index is 871. The van der Waals surface area contributed by atoms with E-state index in [9.17, 15) is 8.42 Å². The van der Waals surface area contributed by atoms with Gasteiger partial charge in [-0.15, -0.1) is 6.42 Å². The monoisotopic (exact) mass is 345 g/mol. The normalized spacial score (nSPS) is 17.0. The molecule has 0 bridgehead atoms. The number of terminal acetylenes is 1. The van der Waals surface area contributed by atoms with Gasteiger partial charge < -0.3 is 0 Å². The second-order valence-electron chi connectivity index (χ2n) is 5.44. The summed E-state index contributed by atoms with van der Waals surface area (Å²) >= 11 is 6.10. The molecule has 1 aliphatic carbocycles. The molecule has 0 spiro atoms. The molecule has 0 heterocycles. The van der Waals surface area contributed by atoms with E-state index in [-0.39, 0.29) is 22.5 Å². The molecule has 118 valence electrons. The summed E-state index contributed by atoms with van der Waals surface area (Å²) in [6.45, 7) is 0.0204. The van der Waals surface area contributed by atoms with E-state index in [0.717, 1.165) is 18.4 Å². The second-order valence-corrected chi connectivity index (χ2v) is 7.70. The van der Waals surface area contributed by atoms with Crippen molar-refractivity contribution in [1.29, 1.82) is 0 Å². The third-order valence-electron chi connectivity index (χ3n) is 4.12. The van der Waals surface area contributed by atoms with Gasteiger partial charge in [0.2, 0.25) is 10.0 Å². The van der Waals surface area contributed by atoms with Gasteiger partial charge in [-0.2, -0.15) is 4.31 Å². The first-order valence-electron chi connectivity index (χ1n) is 7.33. The van der Waals surface area contributed by atoms with Crippen LogP contribution in [0.3, 0.4) is 0 Å². The van der Waals surface area contributed by atoms with Gasteiger partial charge in [0.15, 0.2) is 0 Å². The Kier molecular flexibility index (Phi) is 4.45. The van der Waals surface area contributed by atoms with Crippen molar-refractivity contribution < 1.29 is 8.42 Å². The van der Waals surface area contributed by atoms with Crippen LogP contribution in [0.15, 0.2) is 53.4 Å². The molecular weight excluding hydrogens is 330 g/mol. The van der Waals surface area contributed by atoms with E-state index >= 15 is 0 Å². The fraction of sp³-hybridized carbons (Fsp3) is 0.222. The summed E-state index contributed by atoms with van der Waals surface area (Å²) in [7, 11) is -3.76. The topological polar surface area (TPSA) is 37.4 Å². The highest BCUT2D eigenvalue weighted by Crippen LogP contribution is 2.39. The molecule has 3 rings (SSSR count). The smallest absolute Gasteiger partial charge is 0.207 e. The van der Waals surface area contributed by atoms with Crippen molar-refractivity contribution >= 4 is 21.6 Å². The van der Waals surface area contributed by atoms with Gasteiger partial charge >= 0.3 is 0 Å². The molecule has 0 N–H and O–H groups in total. The first kappa shape index (κ1) is 16.1. The highest BCUT2D eigenvalue weighted by molar-refractivity contribution is 7.89. The molecule has 0 radical (unpaired) electrons. The summed E-state index contributed by atoms with van der Waals surface area (Å²) in [6, 6.07) is 14.1. The maximum Gasteiger partial charge on any atom is 0.245 e. The van der Waals surface area contributed by atoms with Crippen LogP contribution in [0.25, 0.3) is 0 Å². The standard InChI is InChI=1S/C18H16ClNO2S/c1-2-13-20(17-12-11-14-7-3-4-8-15(14)17)23(21,22)18-10-6-5-9-16(18)19/h1,3-10,17H,11-13H2/t17-/m0/s1. The quantitative estimate of drug-likeness (QED) is 0.793. The van der Waals surface area contributed by atoms with Gasteiger partial charge in [0.05, 0.1) is 17.6 Å². The predicted molar refractivity (Wildman–Crippen MR) is 91.7 cm³/mol. The lowest BCUT2D eigenvalue weighted by Gasteiger charge is -2.27.